The number of benzene rings is 6. The first-order valence-electron chi connectivity index (χ1n) is 27.9. The van der Waals surface area contributed by atoms with Crippen molar-refractivity contribution in [3.8, 4) is 11.5 Å². The first-order valence-corrected chi connectivity index (χ1v) is 32.3. The molecule has 1 amide bonds. The van der Waals surface area contributed by atoms with Crippen LogP contribution in [0, 0.1) is 41.8 Å². The van der Waals surface area contributed by atoms with E-state index in [4.69, 9.17) is 28.6 Å². The van der Waals surface area contributed by atoms with Crippen molar-refractivity contribution in [2.75, 3.05) is 48.5 Å². The fraction of sp³-hybridized carbons (Fsp3) is 0.308. The second-order valence-corrected chi connectivity index (χ2v) is 26.5. The molecule has 6 aromatic carbocycles. The van der Waals surface area contributed by atoms with Gasteiger partial charge in [-0.3, -0.25) is 33.6 Å². The number of phenolic OH excluding ortho intramolecular Hbond substituents is 1. The standard InChI is InChI=1S/2C12H12FNO2S.C10H9FO3S.C10H9FO.C9H7FO2.C9H7FOS.C3H6ClNS/c1-14(2)12(16)17-10-6-4-8(13)7-3-5-9(15)11(7)10;1-14(2)12(17)16-10-6-4-8(13)7-3-5-9(15)11(7)10;1-15(13,14)9-5-3-7(11)6-2-4-8(12)10(6)9;1-6-2-4-8(11)7-3-5-9(12)10(6)7;2*10-6-2-4-8(12)9-5(6)1-3-7(9)11;1-5(2)3(4)6/h2*4,6H,3,5H2,1-2H3;3,5H,2,4H2,1H3;2,4H,3,5H2,1H3;2*2,4,12H,1,3H2;1-2H3. The zero-order chi connectivity index (χ0) is 67.7. The van der Waals surface area contributed by atoms with Gasteiger partial charge in [-0.1, -0.05) is 17.7 Å². The molecule has 1 N–H and O–H groups in total. The van der Waals surface area contributed by atoms with Gasteiger partial charge in [0.15, 0.2) is 49.0 Å². The van der Waals surface area contributed by atoms with Crippen molar-refractivity contribution >= 4 is 120 Å². The van der Waals surface area contributed by atoms with Gasteiger partial charge < -0.3 is 24.5 Å². The normalized spacial score (nSPS) is 14.1. The SMILES string of the molecule is CN(C)C(=O)Sc1ccc(F)c2c1C(=O)CC2.CN(C)C(=S)Cl.CN(C)C(=S)Oc1ccc(F)c2c1C(=O)CC2.CS(=O)(=O)c1ccc(F)c2c1C(=O)CC2.Cc1ccc(F)c2c1C(=O)CC2.O=C1CCc2c(F)ccc(O)c21.O=C1CCc2c(F)ccc(S)c21. The highest BCUT2D eigenvalue weighted by Gasteiger charge is 2.32. The van der Waals surface area contributed by atoms with Gasteiger partial charge in [0.1, 0.15) is 46.4 Å². The number of amides is 1. The Morgan fingerprint density at radius 2 is 0.846 bits per heavy atom. The number of phenols is 1. The number of nitrogens with zero attached hydrogens (tertiary/aromatic N) is 3. The van der Waals surface area contributed by atoms with Crippen LogP contribution in [0.3, 0.4) is 0 Å². The number of ether oxygens (including phenoxy) is 1. The van der Waals surface area contributed by atoms with Gasteiger partial charge in [0.25, 0.3) is 10.4 Å². The molecule has 0 heterocycles. The smallest absolute Gasteiger partial charge is 0.285 e. The largest absolute Gasteiger partial charge is 0.507 e. The van der Waals surface area contributed by atoms with Gasteiger partial charge in [0, 0.05) is 147 Å². The molecule has 0 aliphatic heterocycles. The number of thiol groups is 1. The molecular weight excluding hydrogens is 1310 g/mol. The summed E-state index contributed by atoms with van der Waals surface area (Å²) in [6.45, 7) is 1.85. The van der Waals surface area contributed by atoms with Crippen molar-refractivity contribution in [3.05, 3.63) is 180 Å². The van der Waals surface area contributed by atoms with Gasteiger partial charge >= 0.3 is 0 Å². The predicted molar refractivity (Wildman–Crippen MR) is 345 cm³/mol. The Bertz CT molecular complexity index is 3830. The zero-order valence-electron chi connectivity index (χ0n) is 50.5. The second kappa shape index (κ2) is 31.4. The van der Waals surface area contributed by atoms with Crippen LogP contribution in [0.2, 0.25) is 0 Å². The molecular formula is C65H62ClF6N3O11S5. The summed E-state index contributed by atoms with van der Waals surface area (Å²) in [7, 11) is 6.90. The van der Waals surface area contributed by atoms with Crippen LogP contribution in [0.4, 0.5) is 31.1 Å². The van der Waals surface area contributed by atoms with Crippen molar-refractivity contribution in [3.63, 3.8) is 0 Å². The predicted octanol–water partition coefficient (Wildman–Crippen LogP) is 13.5. The topological polar surface area (TPSA) is 193 Å². The monoisotopic (exact) mass is 1370 g/mol. The number of hydrogen-bond donors (Lipinski definition) is 2. The van der Waals surface area contributed by atoms with Gasteiger partial charge in [-0.25, -0.2) is 34.8 Å². The molecule has 6 aromatic rings. The molecule has 91 heavy (non-hydrogen) atoms. The molecule has 6 aliphatic carbocycles. The maximum atomic E-state index is 13.5. The van der Waals surface area contributed by atoms with Crippen LogP contribution < -0.4 is 4.74 Å². The number of Topliss-reactive ketones (excluding diaryl/α,β-unsaturated/α-hetero) is 6. The number of carbonyl (C=O) groups excluding carboxylic acids is 7. The lowest BCUT2D eigenvalue weighted by Crippen LogP contribution is -2.25. The van der Waals surface area contributed by atoms with Gasteiger partial charge in [-0.05, 0) is 160 Å². The second-order valence-electron chi connectivity index (χ2n) is 21.7. The van der Waals surface area contributed by atoms with Gasteiger partial charge in [0.2, 0.25) is 0 Å². The van der Waals surface area contributed by atoms with Gasteiger partial charge in [-0.2, -0.15) is 0 Å². The number of aromatic hydroxyl groups is 1. The lowest BCUT2D eigenvalue weighted by Gasteiger charge is -2.16. The molecule has 0 saturated heterocycles. The Balaban J connectivity index is 0.000000171. The quantitative estimate of drug-likeness (QED) is 0.0323. The average molecular weight is 1370 g/mol. The molecule has 12 rings (SSSR count). The number of sulfone groups is 1. The maximum absolute atomic E-state index is 13.5. The molecule has 14 nitrogen and oxygen atoms in total. The van der Waals surface area contributed by atoms with E-state index in [1.54, 1.807) is 58.2 Å². The molecule has 0 saturated carbocycles. The summed E-state index contributed by atoms with van der Waals surface area (Å²) in [4.78, 5) is 85.8. The third-order valence-corrected chi connectivity index (χ3v) is 18.5. The Morgan fingerprint density at radius 1 is 0.495 bits per heavy atom. The number of fused-ring (bicyclic) bond motifs is 6. The number of thiocarbonyl (C=S) groups is 2. The summed E-state index contributed by atoms with van der Waals surface area (Å²) < 4.78 is 108. The molecule has 482 valence electrons. The van der Waals surface area contributed by atoms with Gasteiger partial charge in [0.05, 0.1) is 16.0 Å². The summed E-state index contributed by atoms with van der Waals surface area (Å²) in [5.74, 6) is -2.39. The lowest BCUT2D eigenvalue weighted by atomic mass is 10.0. The van der Waals surface area contributed by atoms with Crippen LogP contribution in [0.25, 0.3) is 0 Å². The zero-order valence-corrected chi connectivity index (χ0v) is 55.4. The van der Waals surface area contributed by atoms with E-state index < -0.39 is 21.5 Å². The van der Waals surface area contributed by atoms with E-state index >= 15 is 0 Å². The molecule has 0 atom stereocenters. The molecule has 0 fully saturated rings. The third kappa shape index (κ3) is 17.7. The van der Waals surface area contributed by atoms with Crippen molar-refractivity contribution in [2.45, 2.75) is 98.7 Å². The van der Waals surface area contributed by atoms with E-state index in [0.717, 1.165) is 35.7 Å². The van der Waals surface area contributed by atoms with E-state index in [1.165, 1.54) is 59.5 Å². The minimum atomic E-state index is -3.47. The summed E-state index contributed by atoms with van der Waals surface area (Å²) in [5, 5.41) is 9.32. The lowest BCUT2D eigenvalue weighted by molar-refractivity contribution is 0.0984. The first kappa shape index (κ1) is 72.8. The van der Waals surface area contributed by atoms with Crippen molar-refractivity contribution in [1.82, 2.24) is 14.7 Å². The maximum Gasteiger partial charge on any atom is 0.285 e. The highest BCUT2D eigenvalue weighted by atomic mass is 35.5. The van der Waals surface area contributed by atoms with Crippen LogP contribution in [0.1, 0.15) is 140 Å². The van der Waals surface area contributed by atoms with E-state index in [2.05, 4.69) is 24.8 Å². The Labute approximate surface area is 548 Å². The molecule has 26 heteroatoms. The number of rotatable bonds is 3. The number of ketones is 6. The molecule has 0 radical (unpaired) electrons. The average Bonchev–Trinajstić information content (AvgIpc) is 1.78. The van der Waals surface area contributed by atoms with E-state index in [-0.39, 0.29) is 102 Å². The number of thioether (sulfide) groups is 1. The van der Waals surface area contributed by atoms with E-state index in [1.807, 2.05) is 6.92 Å². The number of hydrogen-bond acceptors (Lipinski definition) is 15. The minimum absolute atomic E-state index is 0.00880. The van der Waals surface area contributed by atoms with E-state index in [0.29, 0.717) is 141 Å². The summed E-state index contributed by atoms with van der Waals surface area (Å²) in [5.41, 5.74) is 5.60. The third-order valence-electron chi connectivity index (χ3n) is 14.7. The van der Waals surface area contributed by atoms with Crippen LogP contribution in [0.5, 0.6) is 11.5 Å². The minimum Gasteiger partial charge on any atom is -0.507 e. The van der Waals surface area contributed by atoms with Crippen molar-refractivity contribution < 1.29 is 78.2 Å². The van der Waals surface area contributed by atoms with Crippen LogP contribution in [0.15, 0.2) is 87.5 Å². The fourth-order valence-electron chi connectivity index (χ4n) is 10.2. The molecule has 0 bridgehead atoms. The summed E-state index contributed by atoms with van der Waals surface area (Å²) in [6, 6.07) is 16.2. The molecule has 0 spiro atoms. The Morgan fingerprint density at radius 3 is 1.29 bits per heavy atom. The highest BCUT2D eigenvalue weighted by Crippen LogP contribution is 2.37. The summed E-state index contributed by atoms with van der Waals surface area (Å²) in [6.07, 6.45) is 5.75. The van der Waals surface area contributed by atoms with Gasteiger partial charge in [-0.15, -0.1) is 12.6 Å². The Kier molecular flexibility index (Phi) is 25.1. The number of halogens is 7. The van der Waals surface area contributed by atoms with E-state index in [9.17, 15) is 73.4 Å². The van der Waals surface area contributed by atoms with Crippen LogP contribution in [-0.4, -0.2) is 126 Å². The summed E-state index contributed by atoms with van der Waals surface area (Å²) >= 11 is 19.9. The highest BCUT2D eigenvalue weighted by molar-refractivity contribution is 8.13. The molecule has 0 unspecified atom stereocenters. The number of aryl methyl sites for hydroxylation is 1. The molecule has 0 aromatic heterocycles. The number of carbonyl (C=O) groups is 7. The fourth-order valence-corrected chi connectivity index (χ4v) is 12.4. The van der Waals surface area contributed by atoms with Crippen molar-refractivity contribution in [1.29, 1.82) is 0 Å². The Hall–Kier alpha value is -7.29. The van der Waals surface area contributed by atoms with Crippen LogP contribution in [-0.2, 0) is 48.4 Å². The molecule has 6 aliphatic rings. The van der Waals surface area contributed by atoms with Crippen LogP contribution >= 0.6 is 60.4 Å². The van der Waals surface area contributed by atoms with Crippen molar-refractivity contribution in [2.24, 2.45) is 0 Å². The first-order chi connectivity index (χ1) is 42.7.